The normalized spacial score (nSPS) is 15.8. The smallest absolute Gasteiger partial charge is 0.305 e. The van der Waals surface area contributed by atoms with E-state index in [2.05, 4.69) is 20.4 Å². The zero-order valence-corrected chi connectivity index (χ0v) is 16.1. The molecule has 0 saturated heterocycles. The summed E-state index contributed by atoms with van der Waals surface area (Å²) < 4.78 is 10.6. The number of nitrogens with zero attached hydrogens (tertiary/aromatic N) is 1. The summed E-state index contributed by atoms with van der Waals surface area (Å²) in [5.41, 5.74) is 0. The van der Waals surface area contributed by atoms with Crippen LogP contribution in [0.5, 0.6) is 0 Å². The summed E-state index contributed by atoms with van der Waals surface area (Å²) in [6.07, 6.45) is 12.6. The van der Waals surface area contributed by atoms with E-state index in [0.717, 1.165) is 57.8 Å². The fourth-order valence-electron chi connectivity index (χ4n) is 3.04. The molecule has 0 heterocycles. The molecule has 146 valence electrons. The van der Waals surface area contributed by atoms with Crippen LogP contribution in [-0.4, -0.2) is 51.9 Å². The molecule has 6 nitrogen and oxygen atoms in total. The van der Waals surface area contributed by atoms with Gasteiger partial charge >= 0.3 is 5.97 Å². The molecule has 1 aliphatic rings. The minimum atomic E-state index is -0.116. The minimum Gasteiger partial charge on any atom is -0.469 e. The molecule has 0 atom stereocenters. The first kappa shape index (κ1) is 21.7. The van der Waals surface area contributed by atoms with Gasteiger partial charge < -0.3 is 20.1 Å². The Bertz CT molecular complexity index is 369. The van der Waals surface area contributed by atoms with Gasteiger partial charge in [-0.05, 0) is 32.1 Å². The molecule has 0 amide bonds. The largest absolute Gasteiger partial charge is 0.469 e. The molecule has 0 bridgehead atoms. The first-order valence-electron chi connectivity index (χ1n) is 9.89. The van der Waals surface area contributed by atoms with Gasteiger partial charge in [-0.2, -0.15) is 0 Å². The van der Waals surface area contributed by atoms with E-state index in [0.29, 0.717) is 12.5 Å². The number of methoxy groups -OCH3 is 1. The predicted octanol–water partition coefficient (Wildman–Crippen LogP) is 3.01. The van der Waals surface area contributed by atoms with E-state index in [1.54, 1.807) is 7.05 Å². The van der Waals surface area contributed by atoms with Crippen molar-refractivity contribution in [1.29, 1.82) is 0 Å². The topological polar surface area (TPSA) is 72.0 Å². The summed E-state index contributed by atoms with van der Waals surface area (Å²) in [4.78, 5) is 15.2. The van der Waals surface area contributed by atoms with Gasteiger partial charge in [0.1, 0.15) is 0 Å². The van der Waals surface area contributed by atoms with Gasteiger partial charge in [-0.1, -0.05) is 32.1 Å². The molecule has 1 rings (SSSR count). The Morgan fingerprint density at radius 1 is 1.00 bits per heavy atom. The van der Waals surface area contributed by atoms with Crippen LogP contribution in [0.15, 0.2) is 4.99 Å². The van der Waals surface area contributed by atoms with E-state index in [1.807, 2.05) is 0 Å². The molecule has 2 N–H and O–H groups in total. The van der Waals surface area contributed by atoms with Crippen LogP contribution < -0.4 is 10.6 Å². The van der Waals surface area contributed by atoms with Crippen molar-refractivity contribution in [2.75, 3.05) is 33.9 Å². The first-order chi connectivity index (χ1) is 12.3. The third-order valence-corrected chi connectivity index (χ3v) is 4.57. The van der Waals surface area contributed by atoms with Crippen LogP contribution in [0.2, 0.25) is 0 Å². The summed E-state index contributed by atoms with van der Waals surface area (Å²) in [7, 11) is 3.23. The maximum absolute atomic E-state index is 11.0. The average molecular weight is 356 g/mol. The van der Waals surface area contributed by atoms with Crippen LogP contribution in [0.3, 0.4) is 0 Å². The molecule has 0 aromatic heterocycles. The Kier molecular flexibility index (Phi) is 13.0. The lowest BCUT2D eigenvalue weighted by atomic mass is 9.98. The highest BCUT2D eigenvalue weighted by molar-refractivity contribution is 5.79. The highest BCUT2D eigenvalue weighted by atomic mass is 16.5. The minimum absolute atomic E-state index is 0.116. The van der Waals surface area contributed by atoms with Crippen molar-refractivity contribution in [3.8, 4) is 0 Å². The number of aliphatic imine (C=N–C) groups is 1. The van der Waals surface area contributed by atoms with Gasteiger partial charge in [0.2, 0.25) is 0 Å². The Balaban J connectivity index is 1.91. The summed E-state index contributed by atoms with van der Waals surface area (Å²) in [6.45, 7) is 2.61. The number of hydrogen-bond donors (Lipinski definition) is 2. The third-order valence-electron chi connectivity index (χ3n) is 4.57. The fraction of sp³-hybridized carbons (Fsp3) is 0.895. The van der Waals surface area contributed by atoms with Gasteiger partial charge in [-0.15, -0.1) is 0 Å². The van der Waals surface area contributed by atoms with Crippen LogP contribution >= 0.6 is 0 Å². The molecular weight excluding hydrogens is 318 g/mol. The zero-order valence-electron chi connectivity index (χ0n) is 16.1. The van der Waals surface area contributed by atoms with Crippen LogP contribution in [0.25, 0.3) is 0 Å². The third kappa shape index (κ3) is 11.8. The second-order valence-corrected chi connectivity index (χ2v) is 6.65. The van der Waals surface area contributed by atoms with Gasteiger partial charge in [0.15, 0.2) is 5.96 Å². The maximum Gasteiger partial charge on any atom is 0.305 e. The molecule has 1 fully saturated rings. The lowest BCUT2D eigenvalue weighted by Crippen LogP contribution is -2.38. The van der Waals surface area contributed by atoms with Crippen molar-refractivity contribution >= 4 is 11.9 Å². The van der Waals surface area contributed by atoms with Gasteiger partial charge in [0.05, 0.1) is 13.2 Å². The number of guanidine groups is 1. The number of unbranched alkanes of at least 4 members (excludes halogenated alkanes) is 3. The highest BCUT2D eigenvalue weighted by Crippen LogP contribution is 2.20. The van der Waals surface area contributed by atoms with Gasteiger partial charge in [0.25, 0.3) is 0 Å². The lowest BCUT2D eigenvalue weighted by molar-refractivity contribution is -0.140. The van der Waals surface area contributed by atoms with Gasteiger partial charge in [0, 0.05) is 33.2 Å². The molecule has 1 saturated carbocycles. The van der Waals surface area contributed by atoms with Crippen LogP contribution in [0.1, 0.15) is 70.6 Å². The summed E-state index contributed by atoms with van der Waals surface area (Å²) in [5.74, 6) is 0.738. The molecule has 6 heteroatoms. The van der Waals surface area contributed by atoms with Crippen molar-refractivity contribution in [2.24, 2.45) is 4.99 Å². The second kappa shape index (κ2) is 15.0. The predicted molar refractivity (Wildman–Crippen MR) is 102 cm³/mol. The van der Waals surface area contributed by atoms with Crippen molar-refractivity contribution in [2.45, 2.75) is 76.7 Å². The second-order valence-electron chi connectivity index (χ2n) is 6.65. The Morgan fingerprint density at radius 2 is 1.68 bits per heavy atom. The molecule has 0 aromatic rings. The number of ether oxygens (including phenoxy) is 2. The van der Waals surface area contributed by atoms with Crippen molar-refractivity contribution < 1.29 is 14.3 Å². The van der Waals surface area contributed by atoms with Crippen LogP contribution in [-0.2, 0) is 14.3 Å². The van der Waals surface area contributed by atoms with E-state index < -0.39 is 0 Å². The molecular formula is C19H37N3O3. The van der Waals surface area contributed by atoms with E-state index >= 15 is 0 Å². The number of esters is 1. The van der Waals surface area contributed by atoms with E-state index in [1.165, 1.54) is 39.2 Å². The van der Waals surface area contributed by atoms with Gasteiger partial charge in [-0.25, -0.2) is 0 Å². The number of hydrogen-bond acceptors (Lipinski definition) is 4. The van der Waals surface area contributed by atoms with Crippen LogP contribution in [0.4, 0.5) is 0 Å². The quantitative estimate of drug-likeness (QED) is 0.244. The number of carbonyl (C=O) groups excluding carboxylic acids is 1. The zero-order chi connectivity index (χ0) is 18.2. The van der Waals surface area contributed by atoms with E-state index in [4.69, 9.17) is 4.74 Å². The molecule has 0 unspecified atom stereocenters. The first-order valence-corrected chi connectivity index (χ1v) is 9.89. The number of nitrogens with one attached hydrogen (secondary N) is 2. The fourth-order valence-corrected chi connectivity index (χ4v) is 3.04. The Hall–Kier alpha value is -1.30. The molecule has 1 aliphatic carbocycles. The summed E-state index contributed by atoms with van der Waals surface area (Å²) in [5, 5.41) is 6.66. The molecule has 25 heavy (non-hydrogen) atoms. The van der Waals surface area contributed by atoms with E-state index in [9.17, 15) is 4.79 Å². The van der Waals surface area contributed by atoms with E-state index in [-0.39, 0.29) is 5.97 Å². The summed E-state index contributed by atoms with van der Waals surface area (Å²) >= 11 is 0. The van der Waals surface area contributed by atoms with Gasteiger partial charge in [-0.3, -0.25) is 9.79 Å². The molecule has 0 aromatic carbocycles. The van der Waals surface area contributed by atoms with Crippen LogP contribution in [0, 0.1) is 0 Å². The standard InChI is InChI=1S/C19H37N3O3/c1-20-19(21-14-9-4-3-8-13-18(23)24-2)22-15-10-16-25-17-11-6-5-7-12-17/h17H,3-16H2,1-2H3,(H2,20,21,22). The number of rotatable bonds is 12. The maximum atomic E-state index is 11.0. The molecule has 0 radical (unpaired) electrons. The lowest BCUT2D eigenvalue weighted by Gasteiger charge is -2.22. The number of carbonyl (C=O) groups is 1. The monoisotopic (exact) mass is 355 g/mol. The van der Waals surface area contributed by atoms with Crippen molar-refractivity contribution in [1.82, 2.24) is 10.6 Å². The SMILES string of the molecule is CN=C(NCCCCCCC(=O)OC)NCCCOC1CCCCC1. The molecule has 0 aliphatic heterocycles. The van der Waals surface area contributed by atoms with Crippen molar-refractivity contribution in [3.05, 3.63) is 0 Å². The highest BCUT2D eigenvalue weighted by Gasteiger charge is 2.12. The average Bonchev–Trinajstić information content (AvgIpc) is 2.65. The molecule has 0 spiro atoms. The summed E-state index contributed by atoms with van der Waals surface area (Å²) in [6, 6.07) is 0. The Labute approximate surface area is 153 Å². The Morgan fingerprint density at radius 3 is 2.36 bits per heavy atom. The van der Waals surface area contributed by atoms with Crippen molar-refractivity contribution in [3.63, 3.8) is 0 Å².